The van der Waals surface area contributed by atoms with Crippen molar-refractivity contribution in [2.75, 3.05) is 0 Å². The number of hydrogen-bond acceptors (Lipinski definition) is 1. The van der Waals surface area contributed by atoms with Gasteiger partial charge in [0.05, 0.1) is 5.34 Å². The number of halogens is 9. The van der Waals surface area contributed by atoms with E-state index in [0.717, 1.165) is 0 Å². The predicted octanol–water partition coefficient (Wildman–Crippen LogP) is 3.50. The minimum absolute atomic E-state index is 2.72. The molecule has 1 aromatic rings. The number of benzene rings is 1. The van der Waals surface area contributed by atoms with E-state index in [9.17, 15) is 39.7 Å². The highest BCUT2D eigenvalue weighted by molar-refractivity contribution is 5.27. The van der Waals surface area contributed by atoms with Gasteiger partial charge in [-0.1, -0.05) is 8.96 Å². The van der Waals surface area contributed by atoms with Crippen LogP contribution in [0.5, 0.6) is 0 Å². The van der Waals surface area contributed by atoms with E-state index >= 15 is 0 Å². The van der Waals surface area contributed by atoms with Crippen LogP contribution in [-0.2, 0) is 6.05 Å². The molecule has 0 bridgehead atoms. The van der Waals surface area contributed by atoms with E-state index in [1.807, 2.05) is 0 Å². The molecule has 0 radical (unpaired) electrons. The highest BCUT2D eigenvalue weighted by atomic mass is 19.4. The van der Waals surface area contributed by atoms with Gasteiger partial charge in [0, 0.05) is 0 Å². The van der Waals surface area contributed by atoms with Gasteiger partial charge in [-0.3, -0.25) is 0 Å². The minimum Gasteiger partial charge on any atom is -0.203 e. The third kappa shape index (κ3) is 1.92. The van der Waals surface area contributed by atoms with Crippen LogP contribution in [0, 0.1) is 29.1 Å². The molecule has 17 heavy (non-hydrogen) atoms. The van der Waals surface area contributed by atoms with Crippen LogP contribution in [0.2, 0.25) is 0 Å². The van der Waals surface area contributed by atoms with Crippen LogP contribution in [0.1, 0.15) is 5.56 Å². The zero-order valence-electron chi connectivity index (χ0n) is 7.35. The van der Waals surface area contributed by atoms with Gasteiger partial charge >= 0.3 is 6.05 Å². The van der Waals surface area contributed by atoms with Gasteiger partial charge in [0.1, 0.15) is 5.56 Å². The fourth-order valence-corrected chi connectivity index (χ4v) is 0.953. The summed E-state index contributed by atoms with van der Waals surface area (Å²) in [6.45, 7) is 0. The van der Waals surface area contributed by atoms with E-state index in [2.05, 4.69) is 0 Å². The van der Waals surface area contributed by atoms with Crippen molar-refractivity contribution in [1.29, 1.82) is 0 Å². The molecule has 1 nitrogen and oxygen atoms in total. The summed E-state index contributed by atoms with van der Waals surface area (Å²) in [7, 11) is 0. The number of rotatable bonds is 2. The van der Waals surface area contributed by atoms with Crippen LogP contribution in [-0.4, -0.2) is 5.34 Å². The Kier molecular flexibility index (Phi) is 3.28. The Labute approximate surface area is 86.9 Å². The smallest absolute Gasteiger partial charge is 0.203 e. The molecule has 0 amide bonds. The van der Waals surface area contributed by atoms with Gasteiger partial charge in [-0.2, -0.15) is 8.78 Å². The van der Waals surface area contributed by atoms with Crippen LogP contribution in [0.15, 0.2) is 0 Å². The highest BCUT2D eigenvalue weighted by Gasteiger charge is 2.49. The summed E-state index contributed by atoms with van der Waals surface area (Å²) in [5.74, 6) is -14.2. The van der Waals surface area contributed by atoms with E-state index in [0.29, 0.717) is 0 Å². The Balaban J connectivity index is 3.66. The summed E-state index contributed by atoms with van der Waals surface area (Å²) in [4.78, 5) is 0. The molecule has 0 aromatic heterocycles. The molecule has 1 aromatic carbocycles. The maximum atomic E-state index is 12.7. The lowest BCUT2D eigenvalue weighted by Crippen LogP contribution is -2.30. The first-order chi connectivity index (χ1) is 7.62. The molecular formula is C7F9N. The van der Waals surface area contributed by atoms with Crippen molar-refractivity contribution >= 4 is 0 Å². The molecule has 0 saturated heterocycles. The van der Waals surface area contributed by atoms with E-state index in [1.165, 1.54) is 0 Å². The van der Waals surface area contributed by atoms with Gasteiger partial charge in [0.15, 0.2) is 23.3 Å². The molecule has 0 N–H and O–H groups in total. The van der Waals surface area contributed by atoms with Crippen molar-refractivity contribution in [2.45, 2.75) is 6.05 Å². The first kappa shape index (κ1) is 13.6. The molecule has 0 atom stereocenters. The second kappa shape index (κ2) is 4.09. The summed E-state index contributed by atoms with van der Waals surface area (Å²) in [5, 5.41) is -2.97. The zero-order valence-corrected chi connectivity index (χ0v) is 7.35. The van der Waals surface area contributed by atoms with E-state index in [1.54, 1.807) is 0 Å². The quantitative estimate of drug-likeness (QED) is 0.261. The van der Waals surface area contributed by atoms with Crippen LogP contribution in [0.25, 0.3) is 0 Å². The lowest BCUT2D eigenvalue weighted by molar-refractivity contribution is -0.342. The summed E-state index contributed by atoms with van der Waals surface area (Å²) in [6, 6.07) is -5.65. The molecule has 0 aliphatic rings. The second-order valence-electron chi connectivity index (χ2n) is 2.72. The van der Waals surface area contributed by atoms with Crippen molar-refractivity contribution < 1.29 is 39.7 Å². The molecule has 0 fully saturated rings. The van der Waals surface area contributed by atoms with Crippen molar-refractivity contribution in [2.24, 2.45) is 0 Å². The van der Waals surface area contributed by atoms with Gasteiger partial charge in [-0.25, -0.2) is 22.0 Å². The summed E-state index contributed by atoms with van der Waals surface area (Å²) >= 11 is 0. The van der Waals surface area contributed by atoms with Gasteiger partial charge in [-0.05, 0) is 0 Å². The highest BCUT2D eigenvalue weighted by Crippen LogP contribution is 2.38. The molecule has 10 heteroatoms. The Bertz CT molecular complexity index is 426. The maximum Gasteiger partial charge on any atom is 0.390 e. The SMILES string of the molecule is Fc1c(F)c(F)c(C(F)(F)N(F)F)c(F)c1F. The van der Waals surface area contributed by atoms with Gasteiger partial charge in [-0.15, -0.1) is 0 Å². The normalized spacial score (nSPS) is 12.4. The fraction of sp³-hybridized carbons (Fsp3) is 0.143. The average Bonchev–Trinajstić information content (AvgIpc) is 2.23. The third-order valence-electron chi connectivity index (χ3n) is 1.72. The van der Waals surface area contributed by atoms with Crippen molar-refractivity contribution in [1.82, 2.24) is 5.34 Å². The first-order valence-electron chi connectivity index (χ1n) is 3.63. The van der Waals surface area contributed by atoms with Crippen LogP contribution in [0.4, 0.5) is 39.7 Å². The van der Waals surface area contributed by atoms with E-state index < -0.39 is 46.0 Å². The van der Waals surface area contributed by atoms with Crippen molar-refractivity contribution in [3.05, 3.63) is 34.6 Å². The predicted molar refractivity (Wildman–Crippen MR) is 34.2 cm³/mol. The van der Waals surface area contributed by atoms with E-state index in [4.69, 9.17) is 0 Å². The summed E-state index contributed by atoms with van der Waals surface area (Å²) in [6.07, 6.45) is 0. The maximum absolute atomic E-state index is 12.7. The third-order valence-corrected chi connectivity index (χ3v) is 1.72. The lowest BCUT2D eigenvalue weighted by Gasteiger charge is -2.17. The van der Waals surface area contributed by atoms with Gasteiger partial charge < -0.3 is 0 Å². The Morgan fingerprint density at radius 2 is 0.941 bits per heavy atom. The molecule has 0 aliphatic carbocycles. The first-order valence-corrected chi connectivity index (χ1v) is 3.63. The van der Waals surface area contributed by atoms with Crippen molar-refractivity contribution in [3.63, 3.8) is 0 Å². The molecular weight excluding hydrogens is 269 g/mol. The Morgan fingerprint density at radius 1 is 0.647 bits per heavy atom. The summed E-state index contributed by atoms with van der Waals surface area (Å²) in [5.41, 5.74) is -2.92. The lowest BCUT2D eigenvalue weighted by atomic mass is 10.1. The van der Waals surface area contributed by atoms with Crippen LogP contribution < -0.4 is 0 Å². The molecule has 0 aliphatic heterocycles. The van der Waals surface area contributed by atoms with Gasteiger partial charge in [0.25, 0.3) is 0 Å². The molecule has 0 spiro atoms. The van der Waals surface area contributed by atoms with E-state index in [-0.39, 0.29) is 0 Å². The standard InChI is InChI=1S/C7F9N/c8-2-1(7(13,14)17(15)16)3(9)5(11)6(12)4(2)10. The topological polar surface area (TPSA) is 3.24 Å². The number of hydrogen-bond donors (Lipinski definition) is 0. The minimum atomic E-state index is -5.65. The largest absolute Gasteiger partial charge is 0.390 e. The molecule has 96 valence electrons. The Morgan fingerprint density at radius 3 is 1.24 bits per heavy atom. The number of nitrogens with zero attached hydrogens (tertiary/aromatic N) is 1. The monoisotopic (exact) mass is 269 g/mol. The summed E-state index contributed by atoms with van der Waals surface area (Å²) < 4.78 is 111. The molecule has 0 unspecified atom stereocenters. The Hall–Kier alpha value is -1.45. The van der Waals surface area contributed by atoms with Crippen molar-refractivity contribution in [3.8, 4) is 0 Å². The van der Waals surface area contributed by atoms with Crippen LogP contribution in [0.3, 0.4) is 0 Å². The second-order valence-corrected chi connectivity index (χ2v) is 2.72. The molecule has 0 heterocycles. The number of alkyl halides is 2. The van der Waals surface area contributed by atoms with Gasteiger partial charge in [0.2, 0.25) is 5.82 Å². The average molecular weight is 269 g/mol. The zero-order chi connectivity index (χ0) is 13.5. The molecule has 0 saturated carbocycles. The fourth-order valence-electron chi connectivity index (χ4n) is 0.953. The molecule has 1 rings (SSSR count). The van der Waals surface area contributed by atoms with Crippen LogP contribution >= 0.6 is 0 Å².